The van der Waals surface area contributed by atoms with Crippen LogP contribution in [-0.2, 0) is 16.1 Å². The molecule has 1 saturated heterocycles. The van der Waals surface area contributed by atoms with Crippen molar-refractivity contribution in [1.82, 2.24) is 0 Å². The fraction of sp³-hybridized carbons (Fsp3) is 0.500. The van der Waals surface area contributed by atoms with Crippen LogP contribution in [0.3, 0.4) is 0 Å². The average molecular weight is 234 g/mol. The molecule has 2 rings (SSSR count). The predicted molar refractivity (Wildman–Crippen MR) is 65.6 cm³/mol. The van der Waals surface area contributed by atoms with E-state index in [0.29, 0.717) is 6.61 Å². The number of esters is 1. The zero-order chi connectivity index (χ0) is 12.1. The van der Waals surface area contributed by atoms with E-state index in [1.165, 1.54) is 10.5 Å². The molecular weight excluding hydrogens is 214 g/mol. The first-order valence-electron chi connectivity index (χ1n) is 6.36. The summed E-state index contributed by atoms with van der Waals surface area (Å²) >= 11 is 0. The van der Waals surface area contributed by atoms with E-state index < -0.39 is 0 Å². The third kappa shape index (κ3) is 3.07. The van der Waals surface area contributed by atoms with Crippen molar-refractivity contribution < 1.29 is 14.4 Å². The number of quaternary nitrogens is 1. The van der Waals surface area contributed by atoms with Crippen LogP contribution in [0.25, 0.3) is 0 Å². The molecule has 0 spiro atoms. The summed E-state index contributed by atoms with van der Waals surface area (Å²) in [4.78, 5) is 13.1. The van der Waals surface area contributed by atoms with E-state index >= 15 is 0 Å². The lowest BCUT2D eigenvalue weighted by Crippen LogP contribution is -3.13. The number of nitrogens with one attached hydrogen (secondary N) is 1. The number of ether oxygens (including phenoxy) is 1. The third-order valence-electron chi connectivity index (χ3n) is 3.33. The normalized spacial score (nSPS) is 23.6. The molecule has 0 radical (unpaired) electrons. The highest BCUT2D eigenvalue weighted by Crippen LogP contribution is 2.04. The highest BCUT2D eigenvalue weighted by Gasteiger charge is 2.35. The number of likely N-dealkylation sites (tertiary alicyclic amines) is 1. The van der Waals surface area contributed by atoms with Crippen molar-refractivity contribution in [3.8, 4) is 0 Å². The topological polar surface area (TPSA) is 30.7 Å². The molecule has 1 aliphatic rings. The molecule has 3 nitrogen and oxygen atoms in total. The van der Waals surface area contributed by atoms with Gasteiger partial charge >= 0.3 is 5.97 Å². The maximum absolute atomic E-state index is 11.8. The van der Waals surface area contributed by atoms with Gasteiger partial charge in [-0.15, -0.1) is 0 Å². The fourth-order valence-corrected chi connectivity index (χ4v) is 2.51. The molecule has 0 amide bonds. The lowest BCUT2D eigenvalue weighted by Gasteiger charge is -2.19. The summed E-state index contributed by atoms with van der Waals surface area (Å²) in [7, 11) is 0. The van der Waals surface area contributed by atoms with Gasteiger partial charge in [-0.25, -0.2) is 4.79 Å². The Morgan fingerprint density at radius 3 is 2.88 bits per heavy atom. The second-order valence-electron chi connectivity index (χ2n) is 4.52. The molecule has 1 aromatic rings. The zero-order valence-corrected chi connectivity index (χ0v) is 10.3. The van der Waals surface area contributed by atoms with E-state index in [4.69, 9.17) is 4.74 Å². The smallest absolute Gasteiger partial charge is 0.364 e. The van der Waals surface area contributed by atoms with Gasteiger partial charge in [-0.3, -0.25) is 0 Å². The summed E-state index contributed by atoms with van der Waals surface area (Å²) in [6, 6.07) is 10.4. The summed E-state index contributed by atoms with van der Waals surface area (Å²) in [5.74, 6) is -0.0315. The molecule has 17 heavy (non-hydrogen) atoms. The van der Waals surface area contributed by atoms with Crippen LogP contribution in [0.4, 0.5) is 0 Å². The van der Waals surface area contributed by atoms with Crippen LogP contribution in [0.1, 0.15) is 25.3 Å². The monoisotopic (exact) mass is 234 g/mol. The van der Waals surface area contributed by atoms with Crippen molar-refractivity contribution in [3.05, 3.63) is 35.9 Å². The van der Waals surface area contributed by atoms with Gasteiger partial charge in [-0.2, -0.15) is 0 Å². The highest BCUT2D eigenvalue weighted by atomic mass is 16.5. The standard InChI is InChI=1S/C14H19NO2/c1-2-17-14(16)13-9-6-10-15(13)11-12-7-4-3-5-8-12/h3-5,7-8,13H,2,6,9-11H2,1H3/p+1/t13-/m1/s1. The Labute approximate surface area is 102 Å². The number of benzene rings is 1. The van der Waals surface area contributed by atoms with E-state index in [-0.39, 0.29) is 12.0 Å². The van der Waals surface area contributed by atoms with E-state index in [9.17, 15) is 4.79 Å². The Hall–Kier alpha value is -1.35. The minimum Gasteiger partial charge on any atom is -0.462 e. The molecule has 2 atom stereocenters. The van der Waals surface area contributed by atoms with Gasteiger partial charge in [0.25, 0.3) is 0 Å². The first kappa shape index (κ1) is 12.1. The zero-order valence-electron chi connectivity index (χ0n) is 10.3. The maximum atomic E-state index is 11.8. The molecule has 1 aliphatic heterocycles. The third-order valence-corrected chi connectivity index (χ3v) is 3.33. The molecule has 0 bridgehead atoms. The van der Waals surface area contributed by atoms with Gasteiger partial charge in [-0.1, -0.05) is 30.3 Å². The number of carbonyl (C=O) groups is 1. The van der Waals surface area contributed by atoms with Crippen molar-refractivity contribution in [2.45, 2.75) is 32.4 Å². The molecule has 1 aromatic carbocycles. The average Bonchev–Trinajstić information content (AvgIpc) is 2.79. The lowest BCUT2D eigenvalue weighted by atomic mass is 10.2. The Morgan fingerprint density at radius 2 is 2.18 bits per heavy atom. The predicted octanol–water partition coefficient (Wildman–Crippen LogP) is 0.797. The molecule has 1 unspecified atom stereocenters. The van der Waals surface area contributed by atoms with Crippen molar-refractivity contribution in [2.75, 3.05) is 13.2 Å². The van der Waals surface area contributed by atoms with E-state index in [0.717, 1.165) is 25.9 Å². The molecular formula is C14H20NO2+. The second-order valence-corrected chi connectivity index (χ2v) is 4.52. The van der Waals surface area contributed by atoms with Gasteiger partial charge in [-0.05, 0) is 6.92 Å². The number of carbonyl (C=O) groups excluding carboxylic acids is 1. The van der Waals surface area contributed by atoms with Crippen LogP contribution in [0.5, 0.6) is 0 Å². The Bertz CT molecular complexity index is 364. The van der Waals surface area contributed by atoms with Crippen molar-refractivity contribution >= 4 is 5.97 Å². The number of hydrogen-bond donors (Lipinski definition) is 1. The molecule has 0 aromatic heterocycles. The number of rotatable bonds is 4. The molecule has 1 fully saturated rings. The Morgan fingerprint density at radius 1 is 1.41 bits per heavy atom. The Kier molecular flexibility index (Phi) is 4.15. The van der Waals surface area contributed by atoms with Crippen LogP contribution in [-0.4, -0.2) is 25.2 Å². The van der Waals surface area contributed by atoms with Gasteiger partial charge < -0.3 is 9.64 Å². The summed E-state index contributed by atoms with van der Waals surface area (Å²) < 4.78 is 5.13. The molecule has 3 heteroatoms. The van der Waals surface area contributed by atoms with Gasteiger partial charge in [0.15, 0.2) is 6.04 Å². The summed E-state index contributed by atoms with van der Waals surface area (Å²) in [6.45, 7) is 4.33. The Balaban J connectivity index is 1.98. The summed E-state index contributed by atoms with van der Waals surface area (Å²) in [5.41, 5.74) is 1.29. The van der Waals surface area contributed by atoms with E-state index in [1.807, 2.05) is 25.1 Å². The molecule has 0 saturated carbocycles. The van der Waals surface area contributed by atoms with Gasteiger partial charge in [0.1, 0.15) is 6.54 Å². The maximum Gasteiger partial charge on any atom is 0.364 e. The largest absolute Gasteiger partial charge is 0.462 e. The number of hydrogen-bond acceptors (Lipinski definition) is 2. The minimum atomic E-state index is -0.0315. The quantitative estimate of drug-likeness (QED) is 0.781. The van der Waals surface area contributed by atoms with Gasteiger partial charge in [0.05, 0.1) is 13.2 Å². The summed E-state index contributed by atoms with van der Waals surface area (Å²) in [5, 5.41) is 0. The lowest BCUT2D eigenvalue weighted by molar-refractivity contribution is -0.917. The highest BCUT2D eigenvalue weighted by molar-refractivity contribution is 5.74. The van der Waals surface area contributed by atoms with Gasteiger partial charge in [0.2, 0.25) is 0 Å². The molecule has 1 heterocycles. The van der Waals surface area contributed by atoms with Crippen LogP contribution < -0.4 is 4.90 Å². The minimum absolute atomic E-state index is 0.0315. The first-order chi connectivity index (χ1) is 8.31. The van der Waals surface area contributed by atoms with Crippen LogP contribution >= 0.6 is 0 Å². The van der Waals surface area contributed by atoms with Crippen molar-refractivity contribution in [1.29, 1.82) is 0 Å². The molecule has 1 N–H and O–H groups in total. The molecule has 92 valence electrons. The summed E-state index contributed by atoms with van der Waals surface area (Å²) in [6.07, 6.45) is 2.08. The first-order valence-corrected chi connectivity index (χ1v) is 6.36. The van der Waals surface area contributed by atoms with Crippen LogP contribution in [0, 0.1) is 0 Å². The van der Waals surface area contributed by atoms with Crippen LogP contribution in [0.2, 0.25) is 0 Å². The van der Waals surface area contributed by atoms with Gasteiger partial charge in [0, 0.05) is 18.4 Å². The second kappa shape index (κ2) is 5.82. The fourth-order valence-electron chi connectivity index (χ4n) is 2.51. The van der Waals surface area contributed by atoms with Crippen molar-refractivity contribution in [2.24, 2.45) is 0 Å². The van der Waals surface area contributed by atoms with E-state index in [2.05, 4.69) is 12.1 Å². The molecule has 0 aliphatic carbocycles. The SMILES string of the molecule is CCOC(=O)[C@H]1CCC[NH+]1Cc1ccccc1. The van der Waals surface area contributed by atoms with Crippen LogP contribution in [0.15, 0.2) is 30.3 Å². The van der Waals surface area contributed by atoms with Crippen molar-refractivity contribution in [3.63, 3.8) is 0 Å². The van der Waals surface area contributed by atoms with E-state index in [1.54, 1.807) is 0 Å².